The van der Waals surface area contributed by atoms with Gasteiger partial charge in [-0.1, -0.05) is 17.4 Å². The first-order valence-corrected chi connectivity index (χ1v) is 7.77. The zero-order chi connectivity index (χ0) is 16.0. The summed E-state index contributed by atoms with van der Waals surface area (Å²) >= 11 is 1.50. The van der Waals surface area contributed by atoms with Crippen LogP contribution in [0, 0.1) is 13.8 Å². The fourth-order valence-corrected chi connectivity index (χ4v) is 3.19. The van der Waals surface area contributed by atoms with Gasteiger partial charge in [-0.3, -0.25) is 4.79 Å². The van der Waals surface area contributed by atoms with Gasteiger partial charge in [-0.25, -0.2) is 15.0 Å². The Balaban J connectivity index is 1.80. The zero-order valence-corrected chi connectivity index (χ0v) is 13.3. The number of nitrogens with one attached hydrogen (secondary N) is 1. The van der Waals surface area contributed by atoms with Crippen LogP contribution in [0.1, 0.15) is 11.6 Å². The van der Waals surface area contributed by atoms with Gasteiger partial charge in [-0.05, 0) is 31.5 Å². The lowest BCUT2D eigenvalue weighted by molar-refractivity contribution is 0.853. The molecule has 0 radical (unpaired) electrons. The average Bonchev–Trinajstić information content (AvgIpc) is 3.15. The van der Waals surface area contributed by atoms with Crippen LogP contribution in [0.25, 0.3) is 26.5 Å². The van der Waals surface area contributed by atoms with Crippen molar-refractivity contribution in [3.05, 3.63) is 52.7 Å². The average molecular weight is 324 g/mol. The second-order valence-corrected chi connectivity index (χ2v) is 6.14. The van der Waals surface area contributed by atoms with Crippen molar-refractivity contribution in [3.63, 3.8) is 0 Å². The predicted octanol–water partition coefficient (Wildman–Crippen LogP) is 2.24. The first kappa shape index (κ1) is 13.8. The topological polar surface area (TPSA) is 89.4 Å². The minimum Gasteiger partial charge on any atom is -0.310 e. The van der Waals surface area contributed by atoms with E-state index >= 15 is 0 Å². The molecule has 0 saturated carbocycles. The van der Waals surface area contributed by atoms with Crippen molar-refractivity contribution >= 4 is 22.2 Å². The summed E-state index contributed by atoms with van der Waals surface area (Å²) in [6.07, 6.45) is 3.43. The van der Waals surface area contributed by atoms with Crippen molar-refractivity contribution in [2.75, 3.05) is 0 Å². The third kappa shape index (κ3) is 2.42. The molecule has 7 nitrogen and oxygen atoms in total. The number of aromatic amines is 1. The lowest BCUT2D eigenvalue weighted by atomic mass is 10.1. The highest BCUT2D eigenvalue weighted by atomic mass is 32.1. The molecule has 23 heavy (non-hydrogen) atoms. The first-order chi connectivity index (χ1) is 11.1. The fraction of sp³-hybridized carbons (Fsp3) is 0.133. The van der Waals surface area contributed by atoms with Gasteiger partial charge < -0.3 is 4.98 Å². The van der Waals surface area contributed by atoms with Gasteiger partial charge in [0.15, 0.2) is 0 Å². The van der Waals surface area contributed by atoms with E-state index in [9.17, 15) is 4.79 Å². The Morgan fingerprint density at radius 2 is 2.09 bits per heavy atom. The van der Waals surface area contributed by atoms with Crippen molar-refractivity contribution in [1.82, 2.24) is 29.7 Å². The molecule has 0 atom stereocenters. The molecular weight excluding hydrogens is 312 g/mol. The van der Waals surface area contributed by atoms with Crippen molar-refractivity contribution in [2.24, 2.45) is 0 Å². The minimum absolute atomic E-state index is 0.123. The highest BCUT2D eigenvalue weighted by Gasteiger charge is 2.09. The van der Waals surface area contributed by atoms with Crippen LogP contribution in [0.4, 0.5) is 0 Å². The van der Waals surface area contributed by atoms with Gasteiger partial charge in [0.25, 0.3) is 5.56 Å². The third-order valence-electron chi connectivity index (χ3n) is 3.41. The van der Waals surface area contributed by atoms with Gasteiger partial charge in [-0.2, -0.15) is 4.68 Å². The second-order valence-electron chi connectivity index (χ2n) is 5.13. The summed E-state index contributed by atoms with van der Waals surface area (Å²) in [4.78, 5) is 28.5. The fourth-order valence-electron chi connectivity index (χ4n) is 2.35. The van der Waals surface area contributed by atoms with E-state index in [1.54, 1.807) is 30.2 Å². The van der Waals surface area contributed by atoms with Crippen LogP contribution in [0.3, 0.4) is 0 Å². The molecule has 4 rings (SSSR count). The van der Waals surface area contributed by atoms with Crippen LogP contribution in [0.5, 0.6) is 0 Å². The maximum Gasteiger partial charge on any atom is 0.258 e. The van der Waals surface area contributed by atoms with Gasteiger partial charge in [-0.15, -0.1) is 5.10 Å². The molecule has 0 unspecified atom stereocenters. The first-order valence-electron chi connectivity index (χ1n) is 6.96. The van der Waals surface area contributed by atoms with E-state index in [2.05, 4.69) is 25.0 Å². The maximum atomic E-state index is 11.9. The molecule has 0 amide bonds. The lowest BCUT2D eigenvalue weighted by Crippen LogP contribution is -2.09. The third-order valence-corrected chi connectivity index (χ3v) is 4.44. The van der Waals surface area contributed by atoms with E-state index in [-0.39, 0.29) is 5.56 Å². The Morgan fingerprint density at radius 1 is 1.22 bits per heavy atom. The van der Waals surface area contributed by atoms with Gasteiger partial charge in [0.1, 0.15) is 18.0 Å². The second kappa shape index (κ2) is 5.10. The molecule has 4 aromatic rings. The van der Waals surface area contributed by atoms with Crippen molar-refractivity contribution in [1.29, 1.82) is 0 Å². The van der Waals surface area contributed by atoms with Crippen LogP contribution in [0.2, 0.25) is 0 Å². The Morgan fingerprint density at radius 3 is 2.87 bits per heavy atom. The highest BCUT2D eigenvalue weighted by Crippen LogP contribution is 2.29. The Hall–Kier alpha value is -2.87. The van der Waals surface area contributed by atoms with E-state index in [1.807, 2.05) is 19.1 Å². The molecule has 0 aliphatic heterocycles. The zero-order valence-electron chi connectivity index (χ0n) is 12.4. The van der Waals surface area contributed by atoms with Crippen LogP contribution >= 0.6 is 11.3 Å². The number of hydrogen-bond acceptors (Lipinski definition) is 6. The number of rotatable bonds is 2. The minimum atomic E-state index is -0.123. The van der Waals surface area contributed by atoms with E-state index in [0.717, 1.165) is 15.6 Å². The molecule has 8 heteroatoms. The molecule has 1 aromatic carbocycles. The summed E-state index contributed by atoms with van der Waals surface area (Å²) in [6.45, 7) is 3.60. The molecule has 0 bridgehead atoms. The summed E-state index contributed by atoms with van der Waals surface area (Å²) in [7, 11) is 0. The van der Waals surface area contributed by atoms with Gasteiger partial charge in [0, 0.05) is 6.20 Å². The van der Waals surface area contributed by atoms with Crippen LogP contribution in [-0.4, -0.2) is 29.7 Å². The Bertz CT molecular complexity index is 1080. The molecule has 0 spiro atoms. The van der Waals surface area contributed by atoms with E-state index in [4.69, 9.17) is 0 Å². The predicted molar refractivity (Wildman–Crippen MR) is 87.9 cm³/mol. The smallest absolute Gasteiger partial charge is 0.258 e. The molecule has 3 aromatic heterocycles. The standard InChI is InChI=1S/C15H12N6OS/c1-8-17-7-21(20-8)15-16-6-13(23-15)10-3-4-11-12(5-10)18-9(2)19-14(11)22/h3-7H,1-2H3,(H,18,19,22). The quantitative estimate of drug-likeness (QED) is 0.611. The Kier molecular flexibility index (Phi) is 3.05. The molecular formula is C15H12N6OS. The highest BCUT2D eigenvalue weighted by molar-refractivity contribution is 7.17. The van der Waals surface area contributed by atoms with E-state index in [1.165, 1.54) is 11.3 Å². The molecule has 0 saturated heterocycles. The monoisotopic (exact) mass is 324 g/mol. The van der Waals surface area contributed by atoms with Gasteiger partial charge in [0.05, 0.1) is 15.8 Å². The van der Waals surface area contributed by atoms with Crippen molar-refractivity contribution in [2.45, 2.75) is 13.8 Å². The number of H-pyrrole nitrogens is 1. The molecule has 1 N–H and O–H groups in total. The summed E-state index contributed by atoms with van der Waals surface area (Å²) in [5, 5.41) is 5.58. The van der Waals surface area contributed by atoms with Crippen LogP contribution < -0.4 is 5.56 Å². The van der Waals surface area contributed by atoms with E-state index < -0.39 is 0 Å². The summed E-state index contributed by atoms with van der Waals surface area (Å²) in [6, 6.07) is 5.59. The number of aromatic nitrogens is 6. The number of aryl methyl sites for hydroxylation is 2. The van der Waals surface area contributed by atoms with Crippen LogP contribution in [-0.2, 0) is 0 Å². The van der Waals surface area contributed by atoms with Crippen LogP contribution in [0.15, 0.2) is 35.5 Å². The molecule has 0 fully saturated rings. The largest absolute Gasteiger partial charge is 0.310 e. The van der Waals surface area contributed by atoms with E-state index in [0.29, 0.717) is 22.6 Å². The van der Waals surface area contributed by atoms with Gasteiger partial charge in [0.2, 0.25) is 5.13 Å². The lowest BCUT2D eigenvalue weighted by Gasteiger charge is -2.01. The normalized spacial score (nSPS) is 11.2. The number of hydrogen-bond donors (Lipinski definition) is 1. The Labute approximate surface area is 134 Å². The number of benzene rings is 1. The van der Waals surface area contributed by atoms with Crippen molar-refractivity contribution in [3.8, 4) is 15.6 Å². The number of nitrogens with zero attached hydrogens (tertiary/aromatic N) is 5. The maximum absolute atomic E-state index is 11.9. The summed E-state index contributed by atoms with van der Waals surface area (Å²) < 4.78 is 1.65. The number of thiazole rings is 1. The molecule has 3 heterocycles. The van der Waals surface area contributed by atoms with Gasteiger partial charge >= 0.3 is 0 Å². The summed E-state index contributed by atoms with van der Waals surface area (Å²) in [5.41, 5.74) is 1.52. The molecule has 114 valence electrons. The molecule has 0 aliphatic carbocycles. The summed E-state index contributed by atoms with van der Waals surface area (Å²) in [5.74, 6) is 1.30. The molecule has 0 aliphatic rings. The van der Waals surface area contributed by atoms with Crippen molar-refractivity contribution < 1.29 is 0 Å². The number of fused-ring (bicyclic) bond motifs is 1. The SMILES string of the molecule is Cc1ncn(-c2ncc(-c3ccc4c(=O)[nH]c(C)nc4c3)s2)n1.